The minimum atomic E-state index is -5.12. The van der Waals surface area contributed by atoms with Crippen molar-refractivity contribution in [3.05, 3.63) is 60.2 Å². The molecule has 0 aromatic heterocycles. The zero-order chi connectivity index (χ0) is 33.5. The number of hydrogen-bond acceptors (Lipinski definition) is 13. The van der Waals surface area contributed by atoms with E-state index in [0.29, 0.717) is 5.75 Å². The maximum absolute atomic E-state index is 12.8. The van der Waals surface area contributed by atoms with Crippen LogP contribution in [-0.2, 0) is 53.6 Å². The maximum atomic E-state index is 12.8. The van der Waals surface area contributed by atoms with Crippen molar-refractivity contribution >= 4 is 90.4 Å². The van der Waals surface area contributed by atoms with E-state index in [1.807, 2.05) is 0 Å². The van der Waals surface area contributed by atoms with Crippen molar-refractivity contribution in [3.63, 3.8) is 0 Å². The molecule has 2 aromatic carbocycles. The number of methoxy groups -OCH3 is 1. The van der Waals surface area contributed by atoms with Crippen molar-refractivity contribution in [3.8, 4) is 11.5 Å². The van der Waals surface area contributed by atoms with Crippen LogP contribution in [0.1, 0.15) is 5.56 Å². The quantitative estimate of drug-likeness (QED) is 0.253. The smallest absolute Gasteiger partial charge is 0.400 e. The van der Waals surface area contributed by atoms with Gasteiger partial charge in [-0.2, -0.15) is 16.8 Å². The summed E-state index contributed by atoms with van der Waals surface area (Å²) >= 11 is 33.5. The molecule has 254 valence electrons. The highest BCUT2D eigenvalue weighted by atomic mass is 35.6. The van der Waals surface area contributed by atoms with Gasteiger partial charge in [0.1, 0.15) is 43.0 Å². The number of alkyl halides is 6. The molecule has 0 spiro atoms. The van der Waals surface area contributed by atoms with Crippen molar-refractivity contribution in [1.82, 2.24) is 0 Å². The topological polar surface area (TPSA) is 162 Å². The molecule has 0 bridgehead atoms. The van der Waals surface area contributed by atoms with Gasteiger partial charge < -0.3 is 24.1 Å². The number of aliphatic hydroxyl groups is 1. The Morgan fingerprint density at radius 2 is 1.29 bits per heavy atom. The lowest BCUT2D eigenvalue weighted by Gasteiger charge is -2.42. The molecule has 0 unspecified atom stereocenters. The Bertz CT molecular complexity index is 1420. The second kappa shape index (κ2) is 16.7. The van der Waals surface area contributed by atoms with E-state index in [-0.39, 0.29) is 19.0 Å². The minimum Gasteiger partial charge on any atom is -0.497 e. The average Bonchev–Trinajstić information content (AvgIpc) is 2.95. The largest absolute Gasteiger partial charge is 0.497 e. The summed E-state index contributed by atoms with van der Waals surface area (Å²) in [6, 6.07) is 14.8. The lowest BCUT2D eigenvalue weighted by molar-refractivity contribution is -0.270. The van der Waals surface area contributed by atoms with E-state index in [1.54, 1.807) is 30.3 Å². The fourth-order valence-corrected chi connectivity index (χ4v) is 6.03. The van der Waals surface area contributed by atoms with Gasteiger partial charge in [-0.1, -0.05) is 99.9 Å². The van der Waals surface area contributed by atoms with Gasteiger partial charge in [-0.05, 0) is 29.8 Å². The van der Waals surface area contributed by atoms with E-state index in [4.69, 9.17) is 96.9 Å². The number of rotatable bonds is 15. The number of aliphatic hydroxyl groups excluding tert-OH is 1. The summed E-state index contributed by atoms with van der Waals surface area (Å²) in [6.45, 7) is -2.32. The Morgan fingerprint density at radius 1 is 0.778 bits per heavy atom. The normalized spacial score (nSPS) is 23.1. The van der Waals surface area contributed by atoms with Crippen molar-refractivity contribution in [2.24, 2.45) is 0 Å². The zero-order valence-electron chi connectivity index (χ0n) is 22.8. The molecular formula is C24H26Cl6O13S2. The van der Waals surface area contributed by atoms with Gasteiger partial charge in [0.25, 0.3) is 0 Å². The van der Waals surface area contributed by atoms with Gasteiger partial charge in [0.2, 0.25) is 13.9 Å². The summed E-state index contributed by atoms with van der Waals surface area (Å²) < 4.78 is 88.4. The second-order valence-corrected chi connectivity index (χ2v) is 16.5. The molecule has 45 heavy (non-hydrogen) atoms. The first-order valence-electron chi connectivity index (χ1n) is 12.4. The van der Waals surface area contributed by atoms with Crippen LogP contribution in [0.4, 0.5) is 0 Å². The van der Waals surface area contributed by atoms with Crippen LogP contribution in [0.3, 0.4) is 0 Å². The van der Waals surface area contributed by atoms with Crippen LogP contribution in [0.2, 0.25) is 0 Å². The molecule has 0 radical (unpaired) electrons. The highest BCUT2D eigenvalue weighted by Gasteiger charge is 2.52. The predicted molar refractivity (Wildman–Crippen MR) is 164 cm³/mol. The summed E-state index contributed by atoms with van der Waals surface area (Å²) in [5.41, 5.74) is 0.766. The Labute approximate surface area is 289 Å². The molecule has 21 heteroatoms. The molecule has 2 aromatic rings. The third-order valence-corrected chi connectivity index (χ3v) is 7.90. The van der Waals surface area contributed by atoms with Crippen LogP contribution in [0.25, 0.3) is 0 Å². The number of benzene rings is 2. The molecule has 0 aliphatic carbocycles. The molecule has 5 atom stereocenters. The molecule has 1 aliphatic heterocycles. The molecule has 0 saturated carbocycles. The van der Waals surface area contributed by atoms with Gasteiger partial charge >= 0.3 is 20.8 Å². The first-order chi connectivity index (χ1) is 20.9. The summed E-state index contributed by atoms with van der Waals surface area (Å²) in [4.78, 5) is 0. The molecule has 3 rings (SSSR count). The predicted octanol–water partition coefficient (Wildman–Crippen LogP) is 4.41. The van der Waals surface area contributed by atoms with Gasteiger partial charge in [-0.3, -0.25) is 0 Å². The van der Waals surface area contributed by atoms with Crippen molar-refractivity contribution in [2.75, 3.05) is 26.9 Å². The van der Waals surface area contributed by atoms with E-state index < -0.39 is 72.3 Å². The highest BCUT2D eigenvalue weighted by molar-refractivity contribution is 7.82. The zero-order valence-corrected chi connectivity index (χ0v) is 29.0. The average molecular weight is 799 g/mol. The van der Waals surface area contributed by atoms with Crippen LogP contribution in [0, 0.1) is 0 Å². The molecule has 13 nitrogen and oxygen atoms in total. The van der Waals surface area contributed by atoms with Crippen LogP contribution < -0.4 is 9.47 Å². The Morgan fingerprint density at radius 3 is 1.80 bits per heavy atom. The molecule has 1 saturated heterocycles. The monoisotopic (exact) mass is 796 g/mol. The summed E-state index contributed by atoms with van der Waals surface area (Å²) in [7, 11) is -8.82. The van der Waals surface area contributed by atoms with Crippen molar-refractivity contribution in [2.45, 2.75) is 44.9 Å². The Hall–Kier alpha value is -0.600. The lowest BCUT2D eigenvalue weighted by atomic mass is 9.99. The fourth-order valence-electron chi connectivity index (χ4n) is 3.60. The van der Waals surface area contributed by atoms with Crippen molar-refractivity contribution in [1.29, 1.82) is 0 Å². The van der Waals surface area contributed by atoms with Crippen LogP contribution >= 0.6 is 69.6 Å². The second-order valence-electron chi connectivity index (χ2n) is 9.02. The van der Waals surface area contributed by atoms with Crippen LogP contribution in [-0.4, -0.2) is 87.2 Å². The number of ether oxygens (including phenoxy) is 4. The van der Waals surface area contributed by atoms with Gasteiger partial charge in [-0.15, -0.1) is 0 Å². The molecule has 0 amide bonds. The first kappa shape index (κ1) is 38.8. The summed E-state index contributed by atoms with van der Waals surface area (Å²) in [5.74, 6) is 0.520. The number of halogens is 6. The lowest BCUT2D eigenvalue weighted by Crippen LogP contribution is -2.62. The van der Waals surface area contributed by atoms with Gasteiger partial charge in [0.05, 0.1) is 20.3 Å². The highest BCUT2D eigenvalue weighted by Crippen LogP contribution is 2.34. The van der Waals surface area contributed by atoms with Crippen LogP contribution in [0.15, 0.2) is 54.6 Å². The summed E-state index contributed by atoms with van der Waals surface area (Å²) in [5, 5.41) is 11.2. The van der Waals surface area contributed by atoms with Crippen molar-refractivity contribution < 1.29 is 57.6 Å². The Balaban J connectivity index is 1.96. The molecule has 1 N–H and O–H groups in total. The maximum Gasteiger partial charge on any atom is 0.400 e. The number of hydrogen-bond donors (Lipinski definition) is 1. The molecule has 1 heterocycles. The SMILES string of the molecule is COc1ccc(O[C@@H]2O[C@H](COCc3ccccc3)[C@@H](O)[C@H](OS(=O)(=O)OCC(Cl)(Cl)Cl)[C@H]2OS(=O)(=O)OCC(Cl)(Cl)Cl)cc1. The van der Waals surface area contributed by atoms with E-state index in [9.17, 15) is 21.9 Å². The molecule has 1 aliphatic rings. The molecular weight excluding hydrogens is 773 g/mol. The first-order valence-corrected chi connectivity index (χ1v) is 17.3. The summed E-state index contributed by atoms with van der Waals surface area (Å²) in [6.07, 6.45) is -9.41. The van der Waals surface area contributed by atoms with E-state index in [1.165, 1.54) is 31.4 Å². The third kappa shape index (κ3) is 13.8. The van der Waals surface area contributed by atoms with Gasteiger partial charge in [0, 0.05) is 0 Å². The van der Waals surface area contributed by atoms with Gasteiger partial charge in [-0.25, -0.2) is 16.7 Å². The Kier molecular flexibility index (Phi) is 14.4. The van der Waals surface area contributed by atoms with E-state index in [2.05, 4.69) is 8.37 Å². The fraction of sp³-hybridized carbons (Fsp3) is 0.500. The third-order valence-electron chi connectivity index (χ3n) is 5.52. The van der Waals surface area contributed by atoms with Gasteiger partial charge in [0.15, 0.2) is 6.10 Å². The minimum absolute atomic E-state index is 0.0623. The van der Waals surface area contributed by atoms with E-state index >= 15 is 0 Å². The van der Waals surface area contributed by atoms with Crippen LogP contribution in [0.5, 0.6) is 11.5 Å². The molecule has 1 fully saturated rings. The van der Waals surface area contributed by atoms with E-state index in [0.717, 1.165) is 5.56 Å². The standard InChI is InChI=1S/C24H26Cl6O13S2/c1-36-16-7-9-17(10-8-16)40-22-21(43-45(34,35)39-14-24(28,29)30)20(42-44(32,33)38-13-23(25,26)27)19(31)18(41-22)12-37-11-15-5-3-2-4-6-15/h2-10,18-22,31H,11-14H2,1H3/t18-,19-,20+,21-,22-/m1/s1.